The fourth-order valence-electron chi connectivity index (χ4n) is 3.47. The number of hydrogen-bond acceptors (Lipinski definition) is 4. The second kappa shape index (κ2) is 5.76. The van der Waals surface area contributed by atoms with Gasteiger partial charge < -0.3 is 14.5 Å². The standard InChI is InChI=1S/C16H28N2O2/c1-12(2)14-13(3)15(19)20-10-9-18(14)11-16(17(4)5)7-6-8-16/h12H,6-11H2,1-5H3. The van der Waals surface area contributed by atoms with Crippen molar-refractivity contribution in [3.05, 3.63) is 11.3 Å². The van der Waals surface area contributed by atoms with Crippen LogP contribution in [0.25, 0.3) is 0 Å². The Morgan fingerprint density at radius 1 is 1.35 bits per heavy atom. The first-order chi connectivity index (χ1) is 9.37. The zero-order valence-corrected chi connectivity index (χ0v) is 13.5. The normalized spacial score (nSPS) is 22.9. The highest BCUT2D eigenvalue weighted by molar-refractivity contribution is 5.88. The van der Waals surface area contributed by atoms with Crippen molar-refractivity contribution in [3.63, 3.8) is 0 Å². The van der Waals surface area contributed by atoms with Crippen LogP contribution >= 0.6 is 0 Å². The third-order valence-electron chi connectivity index (χ3n) is 4.89. The number of ether oxygens (including phenoxy) is 1. The number of hydrogen-bond donors (Lipinski definition) is 0. The van der Waals surface area contributed by atoms with Crippen LogP contribution in [0.4, 0.5) is 0 Å². The fraction of sp³-hybridized carbons (Fsp3) is 0.812. The second-order valence-corrected chi connectivity index (χ2v) is 6.69. The Labute approximate surface area is 122 Å². The van der Waals surface area contributed by atoms with Gasteiger partial charge in [0.15, 0.2) is 0 Å². The SMILES string of the molecule is CC1=C(C(C)C)N(CC2(N(C)C)CCC2)CCOC1=O. The van der Waals surface area contributed by atoms with E-state index in [1.165, 1.54) is 25.0 Å². The zero-order chi connectivity index (χ0) is 14.9. The third-order valence-corrected chi connectivity index (χ3v) is 4.89. The summed E-state index contributed by atoms with van der Waals surface area (Å²) in [5.74, 6) is 0.198. The summed E-state index contributed by atoms with van der Waals surface area (Å²) in [6.07, 6.45) is 3.80. The molecule has 0 aromatic heterocycles. The van der Waals surface area contributed by atoms with Gasteiger partial charge in [0.1, 0.15) is 6.61 Å². The van der Waals surface area contributed by atoms with E-state index in [9.17, 15) is 4.79 Å². The fourth-order valence-corrected chi connectivity index (χ4v) is 3.47. The molecular formula is C16H28N2O2. The number of carbonyl (C=O) groups excluding carboxylic acids is 1. The molecule has 1 aliphatic heterocycles. The van der Waals surface area contributed by atoms with E-state index in [4.69, 9.17) is 4.74 Å². The zero-order valence-electron chi connectivity index (χ0n) is 13.5. The van der Waals surface area contributed by atoms with Crippen LogP contribution in [-0.4, -0.2) is 55.1 Å². The minimum Gasteiger partial charge on any atom is -0.460 e. The molecule has 0 saturated heterocycles. The quantitative estimate of drug-likeness (QED) is 0.740. The number of likely N-dealkylation sites (N-methyl/N-ethyl adjacent to an activating group) is 1. The summed E-state index contributed by atoms with van der Waals surface area (Å²) in [6.45, 7) is 8.53. The highest BCUT2D eigenvalue weighted by Crippen LogP contribution is 2.38. The molecule has 4 heteroatoms. The van der Waals surface area contributed by atoms with E-state index in [0.29, 0.717) is 12.5 Å². The highest BCUT2D eigenvalue weighted by atomic mass is 16.5. The lowest BCUT2D eigenvalue weighted by Gasteiger charge is -2.50. The first-order valence-electron chi connectivity index (χ1n) is 7.68. The van der Waals surface area contributed by atoms with Gasteiger partial charge in [-0.15, -0.1) is 0 Å². The Bertz CT molecular complexity index is 409. The number of cyclic esters (lactones) is 1. The van der Waals surface area contributed by atoms with Crippen molar-refractivity contribution in [1.82, 2.24) is 9.80 Å². The summed E-state index contributed by atoms with van der Waals surface area (Å²) in [7, 11) is 4.34. The van der Waals surface area contributed by atoms with Crippen LogP contribution < -0.4 is 0 Å². The molecule has 0 atom stereocenters. The number of rotatable bonds is 4. The van der Waals surface area contributed by atoms with Gasteiger partial charge in [0.2, 0.25) is 0 Å². The molecule has 2 aliphatic rings. The van der Waals surface area contributed by atoms with Crippen LogP contribution in [0, 0.1) is 5.92 Å². The van der Waals surface area contributed by atoms with E-state index in [1.54, 1.807) is 0 Å². The summed E-state index contributed by atoms with van der Waals surface area (Å²) < 4.78 is 5.30. The lowest BCUT2D eigenvalue weighted by atomic mass is 9.75. The summed E-state index contributed by atoms with van der Waals surface area (Å²) in [5.41, 5.74) is 2.22. The molecule has 0 spiro atoms. The monoisotopic (exact) mass is 280 g/mol. The molecule has 2 rings (SSSR count). The van der Waals surface area contributed by atoms with Gasteiger partial charge in [-0.1, -0.05) is 13.8 Å². The molecule has 0 radical (unpaired) electrons. The molecule has 0 unspecified atom stereocenters. The maximum atomic E-state index is 11.9. The molecule has 0 aromatic rings. The van der Waals surface area contributed by atoms with E-state index >= 15 is 0 Å². The molecule has 1 aliphatic carbocycles. The summed E-state index contributed by atoms with van der Waals surface area (Å²) in [4.78, 5) is 16.7. The molecule has 0 bridgehead atoms. The van der Waals surface area contributed by atoms with Gasteiger partial charge in [-0.2, -0.15) is 0 Å². The Morgan fingerprint density at radius 3 is 2.45 bits per heavy atom. The number of nitrogens with zero attached hydrogens (tertiary/aromatic N) is 2. The van der Waals surface area contributed by atoms with E-state index in [2.05, 4.69) is 37.7 Å². The van der Waals surface area contributed by atoms with Crippen LogP contribution in [0.3, 0.4) is 0 Å². The minimum absolute atomic E-state index is 0.149. The average Bonchev–Trinajstić information content (AvgIpc) is 2.44. The van der Waals surface area contributed by atoms with Crippen LogP contribution in [0.15, 0.2) is 11.3 Å². The molecule has 20 heavy (non-hydrogen) atoms. The first-order valence-corrected chi connectivity index (χ1v) is 7.68. The number of esters is 1. The highest BCUT2D eigenvalue weighted by Gasteiger charge is 2.41. The molecule has 114 valence electrons. The average molecular weight is 280 g/mol. The number of allylic oxidation sites excluding steroid dienone is 1. The largest absolute Gasteiger partial charge is 0.460 e. The Morgan fingerprint density at radius 2 is 2.00 bits per heavy atom. The molecule has 0 amide bonds. The maximum Gasteiger partial charge on any atom is 0.335 e. The van der Waals surface area contributed by atoms with Gasteiger partial charge in [-0.05, 0) is 46.2 Å². The van der Waals surface area contributed by atoms with Crippen LogP contribution in [0.5, 0.6) is 0 Å². The van der Waals surface area contributed by atoms with Gasteiger partial charge in [-0.25, -0.2) is 4.79 Å². The van der Waals surface area contributed by atoms with Crippen LogP contribution in [0.2, 0.25) is 0 Å². The second-order valence-electron chi connectivity index (χ2n) is 6.69. The molecule has 1 fully saturated rings. The smallest absolute Gasteiger partial charge is 0.335 e. The van der Waals surface area contributed by atoms with E-state index in [0.717, 1.165) is 18.7 Å². The lowest BCUT2D eigenvalue weighted by Crippen LogP contribution is -2.57. The van der Waals surface area contributed by atoms with E-state index in [-0.39, 0.29) is 11.5 Å². The summed E-state index contributed by atoms with van der Waals surface area (Å²) >= 11 is 0. The molecular weight excluding hydrogens is 252 g/mol. The predicted molar refractivity (Wildman–Crippen MR) is 80.3 cm³/mol. The van der Waals surface area contributed by atoms with Crippen LogP contribution in [-0.2, 0) is 9.53 Å². The predicted octanol–water partition coefficient (Wildman–Crippen LogP) is 2.26. The van der Waals surface area contributed by atoms with Crippen molar-refractivity contribution in [3.8, 4) is 0 Å². The van der Waals surface area contributed by atoms with Crippen molar-refractivity contribution in [1.29, 1.82) is 0 Å². The third kappa shape index (κ3) is 2.71. The van der Waals surface area contributed by atoms with Crippen molar-refractivity contribution in [2.24, 2.45) is 5.92 Å². The van der Waals surface area contributed by atoms with Gasteiger partial charge in [0.25, 0.3) is 0 Å². The van der Waals surface area contributed by atoms with Gasteiger partial charge >= 0.3 is 5.97 Å². The Balaban J connectivity index is 2.26. The Hall–Kier alpha value is -1.03. The van der Waals surface area contributed by atoms with Gasteiger partial charge in [0.05, 0.1) is 12.1 Å². The Kier molecular flexibility index (Phi) is 4.43. The topological polar surface area (TPSA) is 32.8 Å². The minimum atomic E-state index is -0.149. The maximum absolute atomic E-state index is 11.9. The van der Waals surface area contributed by atoms with Gasteiger partial charge in [0, 0.05) is 17.8 Å². The molecule has 0 N–H and O–H groups in total. The van der Waals surface area contributed by atoms with Crippen molar-refractivity contribution < 1.29 is 9.53 Å². The van der Waals surface area contributed by atoms with Crippen molar-refractivity contribution in [2.75, 3.05) is 33.8 Å². The molecule has 4 nitrogen and oxygen atoms in total. The lowest BCUT2D eigenvalue weighted by molar-refractivity contribution is -0.138. The first kappa shape index (κ1) is 15.4. The molecule has 1 heterocycles. The van der Waals surface area contributed by atoms with Crippen molar-refractivity contribution in [2.45, 2.75) is 45.6 Å². The van der Waals surface area contributed by atoms with Crippen LogP contribution in [0.1, 0.15) is 40.0 Å². The number of carbonyl (C=O) groups is 1. The van der Waals surface area contributed by atoms with Gasteiger partial charge in [-0.3, -0.25) is 0 Å². The van der Waals surface area contributed by atoms with E-state index < -0.39 is 0 Å². The summed E-state index contributed by atoms with van der Waals surface area (Å²) in [6, 6.07) is 0. The van der Waals surface area contributed by atoms with E-state index in [1.807, 2.05) is 6.92 Å². The molecule has 1 saturated carbocycles. The van der Waals surface area contributed by atoms with Crippen molar-refractivity contribution >= 4 is 5.97 Å². The summed E-state index contributed by atoms with van der Waals surface area (Å²) in [5, 5.41) is 0. The molecule has 0 aromatic carbocycles.